The number of hydrogen-bond donors (Lipinski definition) is 1. The summed E-state index contributed by atoms with van der Waals surface area (Å²) in [4.78, 5) is 11.4. The predicted octanol–water partition coefficient (Wildman–Crippen LogP) is 1.87. The van der Waals surface area contributed by atoms with E-state index in [0.717, 1.165) is 17.7 Å². The van der Waals surface area contributed by atoms with E-state index in [1.54, 1.807) is 23.9 Å². The molecule has 3 heteroatoms. The molecule has 0 spiro atoms. The Balaban J connectivity index is 2.07. The van der Waals surface area contributed by atoms with E-state index in [2.05, 4.69) is 0 Å². The molecule has 14 heavy (non-hydrogen) atoms. The molecular formula is C11H12O2S. The number of rotatable bonds is 2. The quantitative estimate of drug-likeness (QED) is 0.806. The predicted molar refractivity (Wildman–Crippen MR) is 57.6 cm³/mol. The van der Waals surface area contributed by atoms with Gasteiger partial charge >= 0.3 is 0 Å². The number of aromatic hydroxyl groups is 1. The van der Waals surface area contributed by atoms with Crippen LogP contribution in [0.3, 0.4) is 0 Å². The van der Waals surface area contributed by atoms with E-state index in [-0.39, 0.29) is 11.7 Å². The highest BCUT2D eigenvalue weighted by molar-refractivity contribution is 8.00. The molecule has 1 fully saturated rings. The number of carbonyl (C=O) groups is 1. The molecule has 1 aromatic carbocycles. The van der Waals surface area contributed by atoms with Crippen molar-refractivity contribution in [1.29, 1.82) is 0 Å². The van der Waals surface area contributed by atoms with Crippen LogP contribution in [0.25, 0.3) is 0 Å². The largest absolute Gasteiger partial charge is 0.508 e. The van der Waals surface area contributed by atoms with Gasteiger partial charge in [0.25, 0.3) is 0 Å². The third-order valence-corrected chi connectivity index (χ3v) is 3.54. The van der Waals surface area contributed by atoms with Crippen LogP contribution >= 0.6 is 11.8 Å². The standard InChI is InChI=1S/C11H12O2S/c12-10-3-1-2-8(5-10)4-9-6-14-7-11(9)13/h1-3,5,9,12H,4,6-7H2. The van der Waals surface area contributed by atoms with Crippen molar-refractivity contribution in [2.45, 2.75) is 6.42 Å². The summed E-state index contributed by atoms with van der Waals surface area (Å²) in [6.07, 6.45) is 0.764. The van der Waals surface area contributed by atoms with Crippen molar-refractivity contribution in [2.24, 2.45) is 5.92 Å². The minimum Gasteiger partial charge on any atom is -0.508 e. The number of carbonyl (C=O) groups excluding carboxylic acids is 1. The fourth-order valence-corrected chi connectivity index (χ4v) is 2.80. The summed E-state index contributed by atoms with van der Waals surface area (Å²) in [6, 6.07) is 7.15. The second-order valence-electron chi connectivity index (χ2n) is 3.55. The van der Waals surface area contributed by atoms with E-state index in [4.69, 9.17) is 0 Å². The lowest BCUT2D eigenvalue weighted by Gasteiger charge is -2.06. The Morgan fingerprint density at radius 2 is 2.36 bits per heavy atom. The number of phenols is 1. The van der Waals surface area contributed by atoms with Crippen LogP contribution in [0, 0.1) is 5.92 Å². The number of ketones is 1. The Morgan fingerprint density at radius 1 is 1.50 bits per heavy atom. The molecule has 1 saturated heterocycles. The van der Waals surface area contributed by atoms with Gasteiger partial charge in [-0.15, -0.1) is 0 Å². The zero-order chi connectivity index (χ0) is 9.97. The van der Waals surface area contributed by atoms with E-state index in [0.29, 0.717) is 11.5 Å². The van der Waals surface area contributed by atoms with Gasteiger partial charge in [-0.25, -0.2) is 0 Å². The Bertz CT molecular complexity index is 349. The van der Waals surface area contributed by atoms with Gasteiger partial charge in [-0.05, 0) is 24.1 Å². The zero-order valence-corrected chi connectivity index (χ0v) is 8.59. The number of benzene rings is 1. The molecule has 1 aliphatic heterocycles. The lowest BCUT2D eigenvalue weighted by Crippen LogP contribution is -2.13. The average Bonchev–Trinajstić information content (AvgIpc) is 2.52. The summed E-state index contributed by atoms with van der Waals surface area (Å²) in [5.74, 6) is 2.36. The molecule has 1 aromatic rings. The van der Waals surface area contributed by atoms with E-state index in [1.807, 2.05) is 12.1 Å². The van der Waals surface area contributed by atoms with Crippen molar-refractivity contribution in [3.63, 3.8) is 0 Å². The number of Topliss-reactive ketones (excluding diaryl/α,β-unsaturated/α-hetero) is 1. The zero-order valence-electron chi connectivity index (χ0n) is 7.77. The Labute approximate surface area is 87.3 Å². The first-order valence-corrected chi connectivity index (χ1v) is 5.79. The van der Waals surface area contributed by atoms with Crippen molar-refractivity contribution in [3.05, 3.63) is 29.8 Å². The van der Waals surface area contributed by atoms with Crippen molar-refractivity contribution in [3.8, 4) is 5.75 Å². The fourth-order valence-electron chi connectivity index (χ4n) is 1.65. The summed E-state index contributed by atoms with van der Waals surface area (Å²) in [5.41, 5.74) is 1.05. The maximum Gasteiger partial charge on any atom is 0.146 e. The fraction of sp³-hybridized carbons (Fsp3) is 0.364. The molecule has 0 saturated carbocycles. The van der Waals surface area contributed by atoms with E-state index in [1.165, 1.54) is 0 Å². The van der Waals surface area contributed by atoms with Crippen molar-refractivity contribution >= 4 is 17.5 Å². The minimum absolute atomic E-state index is 0.154. The molecule has 0 amide bonds. The normalized spacial score (nSPS) is 21.4. The monoisotopic (exact) mass is 208 g/mol. The number of phenolic OH excluding ortho intramolecular Hbond substituents is 1. The van der Waals surface area contributed by atoms with Crippen LogP contribution in [0.15, 0.2) is 24.3 Å². The molecule has 0 aromatic heterocycles. The topological polar surface area (TPSA) is 37.3 Å². The first kappa shape index (κ1) is 9.59. The van der Waals surface area contributed by atoms with Gasteiger partial charge in [0.15, 0.2) is 0 Å². The first-order valence-electron chi connectivity index (χ1n) is 4.64. The lowest BCUT2D eigenvalue weighted by molar-refractivity contribution is -0.119. The van der Waals surface area contributed by atoms with Gasteiger partial charge in [-0.1, -0.05) is 12.1 Å². The van der Waals surface area contributed by atoms with Gasteiger partial charge in [0.2, 0.25) is 0 Å². The summed E-state index contributed by atoms with van der Waals surface area (Å²) in [7, 11) is 0. The molecule has 0 bridgehead atoms. The van der Waals surface area contributed by atoms with Crippen LogP contribution in [-0.2, 0) is 11.2 Å². The van der Waals surface area contributed by atoms with E-state index in [9.17, 15) is 9.90 Å². The Morgan fingerprint density at radius 3 is 3.00 bits per heavy atom. The van der Waals surface area contributed by atoms with Crippen LogP contribution < -0.4 is 0 Å². The smallest absolute Gasteiger partial charge is 0.146 e. The Kier molecular flexibility index (Phi) is 2.77. The molecule has 1 heterocycles. The SMILES string of the molecule is O=C1CSCC1Cc1cccc(O)c1. The van der Waals surface area contributed by atoms with Gasteiger partial charge in [-0.3, -0.25) is 4.79 Å². The van der Waals surface area contributed by atoms with E-state index >= 15 is 0 Å². The summed E-state index contributed by atoms with van der Waals surface area (Å²) >= 11 is 1.70. The summed E-state index contributed by atoms with van der Waals surface area (Å²) in [5, 5.41) is 9.26. The highest BCUT2D eigenvalue weighted by atomic mass is 32.2. The second kappa shape index (κ2) is 4.05. The molecule has 1 N–H and O–H groups in total. The van der Waals surface area contributed by atoms with Crippen LogP contribution in [0.4, 0.5) is 0 Å². The molecule has 1 unspecified atom stereocenters. The molecule has 0 aliphatic carbocycles. The van der Waals surface area contributed by atoms with Crippen LogP contribution in [-0.4, -0.2) is 22.4 Å². The maximum atomic E-state index is 11.4. The highest BCUT2D eigenvalue weighted by Gasteiger charge is 2.24. The molecule has 2 nitrogen and oxygen atoms in total. The molecule has 0 radical (unpaired) electrons. The third-order valence-electron chi connectivity index (χ3n) is 2.41. The molecule has 1 atom stereocenters. The van der Waals surface area contributed by atoms with Crippen LogP contribution in [0.5, 0.6) is 5.75 Å². The van der Waals surface area contributed by atoms with Gasteiger partial charge in [-0.2, -0.15) is 11.8 Å². The van der Waals surface area contributed by atoms with Gasteiger partial charge in [0.1, 0.15) is 11.5 Å². The lowest BCUT2D eigenvalue weighted by atomic mass is 9.98. The Hall–Kier alpha value is -0.960. The molecule has 2 rings (SSSR count). The van der Waals surface area contributed by atoms with Crippen LogP contribution in [0.1, 0.15) is 5.56 Å². The number of thioether (sulfide) groups is 1. The van der Waals surface area contributed by atoms with Gasteiger partial charge in [0, 0.05) is 11.7 Å². The molecule has 1 aliphatic rings. The highest BCUT2D eigenvalue weighted by Crippen LogP contribution is 2.24. The summed E-state index contributed by atoms with van der Waals surface area (Å²) in [6.45, 7) is 0. The van der Waals surface area contributed by atoms with Crippen LogP contribution in [0.2, 0.25) is 0 Å². The van der Waals surface area contributed by atoms with Crippen molar-refractivity contribution in [1.82, 2.24) is 0 Å². The van der Waals surface area contributed by atoms with Crippen molar-refractivity contribution in [2.75, 3.05) is 11.5 Å². The maximum absolute atomic E-state index is 11.4. The second-order valence-corrected chi connectivity index (χ2v) is 4.58. The molecule has 74 valence electrons. The number of hydrogen-bond acceptors (Lipinski definition) is 3. The van der Waals surface area contributed by atoms with Crippen molar-refractivity contribution < 1.29 is 9.90 Å². The van der Waals surface area contributed by atoms with Gasteiger partial charge < -0.3 is 5.11 Å². The first-order chi connectivity index (χ1) is 6.75. The molecular weight excluding hydrogens is 196 g/mol. The van der Waals surface area contributed by atoms with Gasteiger partial charge in [0.05, 0.1) is 5.75 Å². The average molecular weight is 208 g/mol. The van der Waals surface area contributed by atoms with E-state index < -0.39 is 0 Å². The summed E-state index contributed by atoms with van der Waals surface area (Å²) < 4.78 is 0. The minimum atomic E-state index is 0.154. The third kappa shape index (κ3) is 2.10.